The van der Waals surface area contributed by atoms with Crippen molar-refractivity contribution in [3.63, 3.8) is 0 Å². The van der Waals surface area contributed by atoms with Gasteiger partial charge < -0.3 is 19.9 Å². The summed E-state index contributed by atoms with van der Waals surface area (Å²) in [4.78, 5) is 22.4. The molecule has 20 heavy (non-hydrogen) atoms. The van der Waals surface area contributed by atoms with Crippen LogP contribution in [0.25, 0.3) is 0 Å². The number of aromatic carboxylic acids is 1. The van der Waals surface area contributed by atoms with E-state index in [9.17, 15) is 9.59 Å². The number of alkyl carbamates (subject to hydrolysis) is 1. The van der Waals surface area contributed by atoms with Crippen LogP contribution in [0.4, 0.5) is 4.79 Å². The quantitative estimate of drug-likeness (QED) is 0.821. The summed E-state index contributed by atoms with van der Waals surface area (Å²) >= 11 is 0. The van der Waals surface area contributed by atoms with Crippen LogP contribution >= 0.6 is 0 Å². The predicted octanol–water partition coefficient (Wildman–Crippen LogP) is 1.87. The van der Waals surface area contributed by atoms with E-state index in [0.717, 1.165) is 11.1 Å². The monoisotopic (exact) mass is 277 g/mol. The molecule has 1 amide bonds. The molecular formula is C14H15NO5. The van der Waals surface area contributed by atoms with Gasteiger partial charge in [0.05, 0.1) is 24.8 Å². The molecule has 1 aromatic rings. The zero-order valence-electron chi connectivity index (χ0n) is 10.8. The number of carboxylic acid groups (broad SMARTS) is 1. The van der Waals surface area contributed by atoms with Crippen molar-refractivity contribution in [3.8, 4) is 0 Å². The Morgan fingerprint density at radius 2 is 2.35 bits per heavy atom. The lowest BCUT2D eigenvalue weighted by atomic mass is 9.97. The Morgan fingerprint density at radius 3 is 3.05 bits per heavy atom. The van der Waals surface area contributed by atoms with Crippen molar-refractivity contribution in [1.29, 1.82) is 0 Å². The number of carbonyl (C=O) groups is 2. The van der Waals surface area contributed by atoms with Crippen LogP contribution in [0.15, 0.2) is 30.9 Å². The van der Waals surface area contributed by atoms with Gasteiger partial charge in [-0.1, -0.05) is 18.7 Å². The van der Waals surface area contributed by atoms with Gasteiger partial charge in [-0.15, -0.1) is 0 Å². The van der Waals surface area contributed by atoms with E-state index in [-0.39, 0.29) is 18.2 Å². The van der Waals surface area contributed by atoms with Crippen molar-refractivity contribution < 1.29 is 24.2 Å². The second kappa shape index (κ2) is 6.21. The van der Waals surface area contributed by atoms with Crippen LogP contribution < -0.4 is 5.32 Å². The van der Waals surface area contributed by atoms with Crippen LogP contribution in [0, 0.1) is 0 Å². The molecule has 1 heterocycles. The molecule has 106 valence electrons. The molecule has 0 fully saturated rings. The van der Waals surface area contributed by atoms with Crippen molar-refractivity contribution in [1.82, 2.24) is 5.32 Å². The smallest absolute Gasteiger partial charge is 0.408 e. The number of carbonyl (C=O) groups excluding carboxylic acids is 1. The molecule has 6 nitrogen and oxygen atoms in total. The summed E-state index contributed by atoms with van der Waals surface area (Å²) in [6.45, 7) is 4.24. The Morgan fingerprint density at radius 1 is 1.55 bits per heavy atom. The predicted molar refractivity (Wildman–Crippen MR) is 70.5 cm³/mol. The molecule has 0 aromatic heterocycles. The zero-order valence-corrected chi connectivity index (χ0v) is 10.8. The van der Waals surface area contributed by atoms with Gasteiger partial charge in [0, 0.05) is 0 Å². The number of carboxylic acids is 1. The third kappa shape index (κ3) is 3.16. The highest BCUT2D eigenvalue weighted by Gasteiger charge is 2.23. The molecule has 1 aliphatic rings. The molecule has 1 aliphatic heterocycles. The summed E-state index contributed by atoms with van der Waals surface area (Å²) in [7, 11) is 0. The Hall–Kier alpha value is -2.34. The molecule has 0 radical (unpaired) electrons. The van der Waals surface area contributed by atoms with E-state index in [1.165, 1.54) is 12.1 Å². The van der Waals surface area contributed by atoms with Crippen molar-refractivity contribution in [2.24, 2.45) is 0 Å². The van der Waals surface area contributed by atoms with E-state index in [0.29, 0.717) is 13.2 Å². The molecule has 0 saturated carbocycles. The first-order valence-electron chi connectivity index (χ1n) is 6.10. The van der Waals surface area contributed by atoms with Gasteiger partial charge in [0.2, 0.25) is 0 Å². The van der Waals surface area contributed by atoms with Crippen LogP contribution in [0.2, 0.25) is 0 Å². The van der Waals surface area contributed by atoms with Crippen LogP contribution in [0.3, 0.4) is 0 Å². The molecule has 0 saturated heterocycles. The normalized spacial score (nSPS) is 16.9. The van der Waals surface area contributed by atoms with E-state index in [1.807, 2.05) is 0 Å². The maximum atomic E-state index is 11.5. The van der Waals surface area contributed by atoms with Gasteiger partial charge in [0.25, 0.3) is 0 Å². The number of fused-ring (bicyclic) bond motifs is 1. The molecule has 1 aromatic carbocycles. The Balaban J connectivity index is 2.14. The molecule has 1 atom stereocenters. The highest BCUT2D eigenvalue weighted by atomic mass is 16.5. The van der Waals surface area contributed by atoms with Gasteiger partial charge in [-0.25, -0.2) is 9.59 Å². The van der Waals surface area contributed by atoms with Gasteiger partial charge in [-0.3, -0.25) is 0 Å². The molecular weight excluding hydrogens is 262 g/mol. The summed E-state index contributed by atoms with van der Waals surface area (Å²) in [5.41, 5.74) is 1.80. The second-order valence-corrected chi connectivity index (χ2v) is 4.32. The van der Waals surface area contributed by atoms with Crippen LogP contribution in [0.5, 0.6) is 0 Å². The van der Waals surface area contributed by atoms with Gasteiger partial charge in [-0.05, 0) is 23.3 Å². The number of rotatable bonds is 4. The summed E-state index contributed by atoms with van der Waals surface area (Å²) in [6.07, 6.45) is 0.915. The molecule has 0 bridgehead atoms. The lowest BCUT2D eigenvalue weighted by molar-refractivity contribution is 0.0689. The van der Waals surface area contributed by atoms with Gasteiger partial charge >= 0.3 is 12.1 Å². The van der Waals surface area contributed by atoms with E-state index >= 15 is 0 Å². The molecule has 2 rings (SSSR count). The first kappa shape index (κ1) is 14.1. The molecule has 0 aliphatic carbocycles. The first-order chi connectivity index (χ1) is 9.61. The van der Waals surface area contributed by atoms with Gasteiger partial charge in [-0.2, -0.15) is 0 Å². The zero-order chi connectivity index (χ0) is 14.5. The number of benzene rings is 1. The van der Waals surface area contributed by atoms with Crippen molar-refractivity contribution in [2.75, 3.05) is 13.2 Å². The highest BCUT2D eigenvalue weighted by molar-refractivity contribution is 5.88. The largest absolute Gasteiger partial charge is 0.478 e. The van der Waals surface area contributed by atoms with Crippen molar-refractivity contribution in [2.45, 2.75) is 12.6 Å². The van der Waals surface area contributed by atoms with Gasteiger partial charge in [0.15, 0.2) is 0 Å². The standard InChI is InChI=1S/C14H15NO5/c1-2-5-20-14(18)15-12-8-19-7-10-6-9(13(16)17)3-4-11(10)12/h2-4,6,12H,1,5,7-8H2,(H,15,18)(H,16,17)/t12-/m1/s1. The lowest BCUT2D eigenvalue weighted by Gasteiger charge is -2.26. The highest BCUT2D eigenvalue weighted by Crippen LogP contribution is 2.25. The summed E-state index contributed by atoms with van der Waals surface area (Å²) in [5, 5.41) is 11.6. The van der Waals surface area contributed by atoms with Crippen LogP contribution in [-0.2, 0) is 16.1 Å². The van der Waals surface area contributed by atoms with E-state index in [4.69, 9.17) is 14.6 Å². The summed E-state index contributed by atoms with van der Waals surface area (Å²) in [5.74, 6) is -0.992. The fourth-order valence-corrected chi connectivity index (χ4v) is 2.02. The Bertz CT molecular complexity index is 540. The fraction of sp³-hybridized carbons (Fsp3) is 0.286. The molecule has 0 spiro atoms. The number of hydrogen-bond donors (Lipinski definition) is 2. The third-order valence-corrected chi connectivity index (χ3v) is 2.93. The number of amides is 1. The summed E-state index contributed by atoms with van der Waals surface area (Å²) < 4.78 is 10.2. The Labute approximate surface area is 116 Å². The van der Waals surface area contributed by atoms with E-state index < -0.39 is 12.1 Å². The molecule has 2 N–H and O–H groups in total. The number of hydrogen-bond acceptors (Lipinski definition) is 4. The summed E-state index contributed by atoms with van der Waals surface area (Å²) in [6, 6.07) is 4.41. The third-order valence-electron chi connectivity index (χ3n) is 2.93. The second-order valence-electron chi connectivity index (χ2n) is 4.32. The van der Waals surface area contributed by atoms with Crippen LogP contribution in [-0.4, -0.2) is 30.4 Å². The fourth-order valence-electron chi connectivity index (χ4n) is 2.02. The average molecular weight is 277 g/mol. The maximum Gasteiger partial charge on any atom is 0.408 e. The minimum atomic E-state index is -0.992. The molecule has 0 unspecified atom stereocenters. The topological polar surface area (TPSA) is 84.9 Å². The van der Waals surface area contributed by atoms with E-state index in [1.54, 1.807) is 12.1 Å². The lowest BCUT2D eigenvalue weighted by Crippen LogP contribution is -2.34. The SMILES string of the molecule is C=CCOC(=O)N[C@@H]1COCc2cc(C(=O)O)ccc21. The average Bonchev–Trinajstić information content (AvgIpc) is 2.44. The number of nitrogens with one attached hydrogen (secondary N) is 1. The van der Waals surface area contributed by atoms with Crippen molar-refractivity contribution in [3.05, 3.63) is 47.5 Å². The van der Waals surface area contributed by atoms with Crippen molar-refractivity contribution >= 4 is 12.1 Å². The first-order valence-corrected chi connectivity index (χ1v) is 6.10. The minimum Gasteiger partial charge on any atom is -0.478 e. The number of ether oxygens (including phenoxy) is 2. The molecule has 6 heteroatoms. The maximum absolute atomic E-state index is 11.5. The Kier molecular flexibility index (Phi) is 4.37. The van der Waals surface area contributed by atoms with Gasteiger partial charge in [0.1, 0.15) is 6.61 Å². The van der Waals surface area contributed by atoms with E-state index in [2.05, 4.69) is 11.9 Å². The minimum absolute atomic E-state index is 0.129. The van der Waals surface area contributed by atoms with Crippen LogP contribution in [0.1, 0.15) is 27.5 Å².